The lowest BCUT2D eigenvalue weighted by atomic mass is 10.1. The van der Waals surface area contributed by atoms with E-state index in [1.807, 2.05) is 70.7 Å². The molecule has 4 atom stereocenters. The number of nitrogens with zero attached hydrogens (tertiary/aromatic N) is 1. The number of aryl methyl sites for hydroxylation is 1. The van der Waals surface area contributed by atoms with Crippen LogP contribution in [-0.2, 0) is 9.53 Å². The number of ether oxygens (including phenoxy) is 2. The first-order valence-corrected chi connectivity index (χ1v) is 10.1. The normalized spacial score (nSPS) is 25.9. The van der Waals surface area contributed by atoms with Gasteiger partial charge in [0.05, 0.1) is 11.1 Å². The van der Waals surface area contributed by atoms with E-state index in [0.29, 0.717) is 31.5 Å². The number of likely N-dealkylation sites (tertiary alicyclic amines) is 1. The minimum Gasteiger partial charge on any atom is -0.491 e. The predicted molar refractivity (Wildman–Crippen MR) is 108 cm³/mol. The maximum Gasteiger partial charge on any atom is 0.224 e. The number of aliphatic hydroxyl groups is 1. The smallest absolute Gasteiger partial charge is 0.224 e. The zero-order valence-electron chi connectivity index (χ0n) is 17.9. The highest BCUT2D eigenvalue weighted by Gasteiger charge is 2.60. The molecule has 1 aromatic carbocycles. The Morgan fingerprint density at radius 1 is 1.25 bits per heavy atom. The number of amides is 1. The number of fused-ring (bicyclic) bond motifs is 1. The van der Waals surface area contributed by atoms with E-state index in [-0.39, 0.29) is 11.8 Å². The molecule has 6 nitrogen and oxygen atoms in total. The molecule has 0 bridgehead atoms. The van der Waals surface area contributed by atoms with Crippen LogP contribution in [0.15, 0.2) is 24.3 Å². The first-order chi connectivity index (χ1) is 13.0. The summed E-state index contributed by atoms with van der Waals surface area (Å²) in [6.07, 6.45) is -0.907. The molecule has 156 valence electrons. The number of hydrogen-bond acceptors (Lipinski definition) is 5. The molecule has 1 amide bonds. The summed E-state index contributed by atoms with van der Waals surface area (Å²) in [4.78, 5) is 14.6. The second kappa shape index (κ2) is 7.65. The standard InChI is InChI=1S/C22H34N2O4/c1-14-8-7-9-15(10-14)27-13-22(5,6)23-19(25)18-16-11-24(12-17(16)18)20(26)28-21(2,3)4/h7-10,16-18,20,26H,11-13H2,1-6H3,(H,23,25)/t16-,17+,18+,20?. The highest BCUT2D eigenvalue weighted by atomic mass is 16.6. The molecule has 0 aromatic heterocycles. The Morgan fingerprint density at radius 2 is 1.89 bits per heavy atom. The molecule has 1 unspecified atom stereocenters. The second-order valence-corrected chi connectivity index (χ2v) is 9.84. The van der Waals surface area contributed by atoms with Crippen molar-refractivity contribution in [1.82, 2.24) is 10.2 Å². The van der Waals surface area contributed by atoms with Gasteiger partial charge in [-0.05, 0) is 71.1 Å². The zero-order valence-corrected chi connectivity index (χ0v) is 17.9. The van der Waals surface area contributed by atoms with Gasteiger partial charge in [0.2, 0.25) is 12.3 Å². The molecule has 6 heteroatoms. The van der Waals surface area contributed by atoms with Crippen LogP contribution >= 0.6 is 0 Å². The van der Waals surface area contributed by atoms with Crippen LogP contribution in [0.2, 0.25) is 0 Å². The van der Waals surface area contributed by atoms with Crippen molar-refractivity contribution in [1.29, 1.82) is 0 Å². The summed E-state index contributed by atoms with van der Waals surface area (Å²) in [5.41, 5.74) is 0.295. The molecule has 0 radical (unpaired) electrons. The highest BCUT2D eigenvalue weighted by molar-refractivity contribution is 5.83. The maximum absolute atomic E-state index is 12.7. The monoisotopic (exact) mass is 390 g/mol. The number of carbonyl (C=O) groups is 1. The molecule has 2 aliphatic rings. The lowest BCUT2D eigenvalue weighted by Crippen LogP contribution is -2.49. The Bertz CT molecular complexity index is 701. The van der Waals surface area contributed by atoms with Crippen molar-refractivity contribution in [2.24, 2.45) is 17.8 Å². The Morgan fingerprint density at radius 3 is 2.46 bits per heavy atom. The topological polar surface area (TPSA) is 71.0 Å². The minimum atomic E-state index is -0.907. The Kier molecular flexibility index (Phi) is 5.76. The van der Waals surface area contributed by atoms with Crippen LogP contribution in [-0.4, -0.2) is 53.2 Å². The van der Waals surface area contributed by atoms with Gasteiger partial charge in [-0.1, -0.05) is 12.1 Å². The minimum absolute atomic E-state index is 0.0244. The summed E-state index contributed by atoms with van der Waals surface area (Å²) in [5.74, 6) is 1.52. The third-order valence-corrected chi connectivity index (χ3v) is 5.35. The van der Waals surface area contributed by atoms with E-state index in [9.17, 15) is 9.90 Å². The maximum atomic E-state index is 12.7. The summed E-state index contributed by atoms with van der Waals surface area (Å²) in [5, 5.41) is 13.4. The Labute approximate surface area is 168 Å². The SMILES string of the molecule is Cc1cccc(OCC(C)(C)NC(=O)[C@H]2[C@@H]3CN(C(O)OC(C)(C)C)C[C@@H]32)c1. The molecule has 0 spiro atoms. The fourth-order valence-electron chi connectivity index (χ4n) is 3.94. The van der Waals surface area contributed by atoms with Gasteiger partial charge in [-0.25, -0.2) is 0 Å². The van der Waals surface area contributed by atoms with Crippen molar-refractivity contribution in [3.8, 4) is 5.75 Å². The number of carbonyl (C=O) groups excluding carboxylic acids is 1. The van der Waals surface area contributed by atoms with Crippen LogP contribution in [0.3, 0.4) is 0 Å². The van der Waals surface area contributed by atoms with Gasteiger partial charge in [-0.2, -0.15) is 0 Å². The van der Waals surface area contributed by atoms with Crippen LogP contribution in [0.4, 0.5) is 0 Å². The van der Waals surface area contributed by atoms with Gasteiger partial charge >= 0.3 is 0 Å². The van der Waals surface area contributed by atoms with Crippen molar-refractivity contribution in [2.75, 3.05) is 19.7 Å². The largest absolute Gasteiger partial charge is 0.491 e. The average Bonchev–Trinajstić information content (AvgIpc) is 3.06. The summed E-state index contributed by atoms with van der Waals surface area (Å²) in [7, 11) is 0. The summed E-state index contributed by atoms with van der Waals surface area (Å²) >= 11 is 0. The molecule has 1 saturated heterocycles. The van der Waals surface area contributed by atoms with E-state index in [2.05, 4.69) is 5.32 Å². The Hall–Kier alpha value is -1.63. The number of aliphatic hydroxyl groups excluding tert-OH is 1. The van der Waals surface area contributed by atoms with E-state index in [1.165, 1.54) is 0 Å². The van der Waals surface area contributed by atoms with Crippen LogP contribution in [0, 0.1) is 24.7 Å². The molecule has 28 heavy (non-hydrogen) atoms. The molecule has 3 rings (SSSR count). The predicted octanol–water partition coefficient (Wildman–Crippen LogP) is 2.54. The molecule has 2 fully saturated rings. The van der Waals surface area contributed by atoms with Crippen molar-refractivity contribution in [3.05, 3.63) is 29.8 Å². The Balaban J connectivity index is 1.45. The summed E-state index contributed by atoms with van der Waals surface area (Å²) < 4.78 is 11.5. The number of piperidine rings is 1. The van der Waals surface area contributed by atoms with Crippen molar-refractivity contribution in [2.45, 2.75) is 59.1 Å². The van der Waals surface area contributed by atoms with Gasteiger partial charge in [0.15, 0.2) is 0 Å². The molecular formula is C22H34N2O4. The molecular weight excluding hydrogens is 356 g/mol. The second-order valence-electron chi connectivity index (χ2n) is 9.84. The number of benzene rings is 1. The van der Waals surface area contributed by atoms with Crippen molar-refractivity contribution in [3.63, 3.8) is 0 Å². The average molecular weight is 391 g/mol. The van der Waals surface area contributed by atoms with E-state index < -0.39 is 17.6 Å². The summed E-state index contributed by atoms with van der Waals surface area (Å²) in [6, 6.07) is 7.90. The number of nitrogens with one attached hydrogen (secondary N) is 1. The highest BCUT2D eigenvalue weighted by Crippen LogP contribution is 2.52. The van der Waals surface area contributed by atoms with Gasteiger partial charge in [0.1, 0.15) is 12.4 Å². The molecule has 1 heterocycles. The van der Waals surface area contributed by atoms with Gasteiger partial charge in [-0.3, -0.25) is 9.69 Å². The molecule has 2 N–H and O–H groups in total. The van der Waals surface area contributed by atoms with E-state index >= 15 is 0 Å². The fraction of sp³-hybridized carbons (Fsp3) is 0.682. The zero-order chi connectivity index (χ0) is 20.7. The number of rotatable bonds is 7. The van der Waals surface area contributed by atoms with E-state index in [4.69, 9.17) is 9.47 Å². The molecule has 1 aliphatic heterocycles. The fourth-order valence-corrected chi connectivity index (χ4v) is 3.94. The van der Waals surface area contributed by atoms with Gasteiger partial charge in [-0.15, -0.1) is 0 Å². The van der Waals surface area contributed by atoms with Crippen molar-refractivity contribution >= 4 is 5.91 Å². The lowest BCUT2D eigenvalue weighted by Gasteiger charge is -2.31. The first-order valence-electron chi connectivity index (χ1n) is 10.1. The van der Waals surface area contributed by atoms with Crippen LogP contribution in [0.25, 0.3) is 0 Å². The quantitative estimate of drug-likeness (QED) is 0.700. The van der Waals surface area contributed by atoms with Crippen LogP contribution in [0.1, 0.15) is 40.2 Å². The van der Waals surface area contributed by atoms with Crippen LogP contribution < -0.4 is 10.1 Å². The third kappa shape index (κ3) is 5.25. The molecule has 1 aliphatic carbocycles. The lowest BCUT2D eigenvalue weighted by molar-refractivity contribution is -0.236. The summed E-state index contributed by atoms with van der Waals surface area (Å²) in [6.45, 7) is 13.5. The van der Waals surface area contributed by atoms with Gasteiger partial charge in [0, 0.05) is 19.0 Å². The van der Waals surface area contributed by atoms with Gasteiger partial charge < -0.3 is 19.9 Å². The van der Waals surface area contributed by atoms with Gasteiger partial charge in [0.25, 0.3) is 0 Å². The third-order valence-electron chi connectivity index (χ3n) is 5.35. The van der Waals surface area contributed by atoms with Crippen molar-refractivity contribution < 1.29 is 19.4 Å². The number of hydrogen-bond donors (Lipinski definition) is 2. The molecule has 1 aromatic rings. The molecule has 1 saturated carbocycles. The van der Waals surface area contributed by atoms with E-state index in [0.717, 1.165) is 11.3 Å². The first kappa shape index (κ1) is 21.1. The van der Waals surface area contributed by atoms with E-state index in [1.54, 1.807) is 0 Å². The van der Waals surface area contributed by atoms with Crippen LogP contribution in [0.5, 0.6) is 5.75 Å².